The molecule has 3 N–H and O–H groups in total. The van der Waals surface area contributed by atoms with E-state index in [2.05, 4.69) is 0 Å². The molecular weight excluding hydrogens is 326 g/mol. The van der Waals surface area contributed by atoms with Crippen LogP contribution in [0.25, 0.3) is 11.1 Å². The van der Waals surface area contributed by atoms with Crippen molar-refractivity contribution in [2.45, 2.75) is 20.1 Å². The highest BCUT2D eigenvalue weighted by atomic mass is 16.5. The van der Waals surface area contributed by atoms with Crippen molar-refractivity contribution in [1.82, 2.24) is 0 Å². The zero-order chi connectivity index (χ0) is 18.5. The van der Waals surface area contributed by atoms with E-state index in [0.29, 0.717) is 23.5 Å². The second-order valence-corrected chi connectivity index (χ2v) is 6.15. The fourth-order valence-electron chi connectivity index (χ4n) is 2.85. The Balaban J connectivity index is 1.98. The van der Waals surface area contributed by atoms with Crippen molar-refractivity contribution >= 4 is 5.91 Å². The van der Waals surface area contributed by atoms with Gasteiger partial charge in [0.2, 0.25) is 5.91 Å². The predicted octanol–water partition coefficient (Wildman–Crippen LogP) is 3.83. The topological polar surface area (TPSA) is 72.6 Å². The maximum atomic E-state index is 11.9. The second-order valence-electron chi connectivity index (χ2n) is 6.15. The Hall–Kier alpha value is -3.11. The van der Waals surface area contributed by atoms with Gasteiger partial charge in [0.1, 0.15) is 12.4 Å². The summed E-state index contributed by atoms with van der Waals surface area (Å²) in [6.07, 6.45) is 0. The van der Waals surface area contributed by atoms with E-state index >= 15 is 0 Å². The standard InChI is InChI=1S/C22H21NO3/c1-15-7-8-17(13-24)11-20(15)21-12-18(9-10-19(21)22(23)25)26-14-16-5-3-2-4-6-16/h2-12,24H,13-14H2,1H3,(H2,23,25). The molecule has 3 aromatic rings. The molecule has 0 aliphatic rings. The zero-order valence-electron chi connectivity index (χ0n) is 14.6. The average Bonchev–Trinajstić information content (AvgIpc) is 2.67. The average molecular weight is 347 g/mol. The van der Waals surface area contributed by atoms with Crippen LogP contribution in [-0.2, 0) is 13.2 Å². The van der Waals surface area contributed by atoms with Crippen LogP contribution in [0.3, 0.4) is 0 Å². The van der Waals surface area contributed by atoms with Crippen LogP contribution in [0.5, 0.6) is 5.75 Å². The summed E-state index contributed by atoms with van der Waals surface area (Å²) in [5.41, 5.74) is 10.4. The first-order valence-electron chi connectivity index (χ1n) is 8.40. The number of nitrogens with two attached hydrogens (primary N) is 1. The number of carbonyl (C=O) groups is 1. The maximum Gasteiger partial charge on any atom is 0.249 e. The lowest BCUT2D eigenvalue weighted by Gasteiger charge is -2.14. The number of benzene rings is 3. The van der Waals surface area contributed by atoms with E-state index in [1.54, 1.807) is 12.1 Å². The Labute approximate surface area is 152 Å². The number of aliphatic hydroxyl groups excluding tert-OH is 1. The van der Waals surface area contributed by atoms with Gasteiger partial charge in [-0.2, -0.15) is 0 Å². The van der Waals surface area contributed by atoms with Gasteiger partial charge in [-0.25, -0.2) is 0 Å². The van der Waals surface area contributed by atoms with Crippen LogP contribution < -0.4 is 10.5 Å². The fourth-order valence-corrected chi connectivity index (χ4v) is 2.85. The minimum absolute atomic E-state index is 0.0661. The van der Waals surface area contributed by atoms with E-state index in [0.717, 1.165) is 22.3 Å². The molecule has 0 aliphatic heterocycles. The highest BCUT2D eigenvalue weighted by molar-refractivity contribution is 6.00. The molecule has 3 aromatic carbocycles. The number of hydrogen-bond donors (Lipinski definition) is 2. The van der Waals surface area contributed by atoms with Crippen molar-refractivity contribution in [2.75, 3.05) is 0 Å². The number of rotatable bonds is 6. The summed E-state index contributed by atoms with van der Waals surface area (Å²) in [6, 6.07) is 20.8. The van der Waals surface area contributed by atoms with Crippen molar-refractivity contribution in [2.24, 2.45) is 5.73 Å². The molecule has 0 atom stereocenters. The van der Waals surface area contributed by atoms with Crippen LogP contribution in [0.2, 0.25) is 0 Å². The van der Waals surface area contributed by atoms with Gasteiger partial charge in [-0.05, 0) is 59.0 Å². The summed E-state index contributed by atoms with van der Waals surface area (Å²) in [7, 11) is 0. The zero-order valence-corrected chi connectivity index (χ0v) is 14.6. The molecule has 0 heterocycles. The summed E-state index contributed by atoms with van der Waals surface area (Å²) < 4.78 is 5.88. The van der Waals surface area contributed by atoms with Crippen LogP contribution in [0, 0.1) is 6.92 Å². The number of ether oxygens (including phenoxy) is 1. The van der Waals surface area contributed by atoms with Gasteiger partial charge in [0.25, 0.3) is 0 Å². The smallest absolute Gasteiger partial charge is 0.249 e. The van der Waals surface area contributed by atoms with Gasteiger partial charge in [0.05, 0.1) is 6.61 Å². The van der Waals surface area contributed by atoms with Crippen LogP contribution in [0.15, 0.2) is 66.7 Å². The van der Waals surface area contributed by atoms with Gasteiger partial charge >= 0.3 is 0 Å². The largest absolute Gasteiger partial charge is 0.489 e. The summed E-state index contributed by atoms with van der Waals surface area (Å²) in [5.74, 6) is 0.158. The molecule has 4 nitrogen and oxygen atoms in total. The lowest BCUT2D eigenvalue weighted by molar-refractivity contribution is 0.100. The Morgan fingerprint density at radius 3 is 2.42 bits per heavy atom. The first-order valence-corrected chi connectivity index (χ1v) is 8.40. The molecule has 132 valence electrons. The number of aliphatic hydroxyl groups is 1. The van der Waals surface area contributed by atoms with Crippen molar-refractivity contribution in [3.8, 4) is 16.9 Å². The minimum atomic E-state index is -0.497. The van der Waals surface area contributed by atoms with Crippen molar-refractivity contribution in [3.05, 3.63) is 89.0 Å². The minimum Gasteiger partial charge on any atom is -0.489 e. The van der Waals surface area contributed by atoms with E-state index in [1.165, 1.54) is 0 Å². The van der Waals surface area contributed by atoms with E-state index < -0.39 is 5.91 Å². The Kier molecular flexibility index (Phi) is 5.34. The molecule has 0 saturated carbocycles. The molecule has 0 spiro atoms. The van der Waals surface area contributed by atoms with E-state index in [1.807, 2.05) is 61.5 Å². The SMILES string of the molecule is Cc1ccc(CO)cc1-c1cc(OCc2ccccc2)ccc1C(N)=O. The summed E-state index contributed by atoms with van der Waals surface area (Å²) in [6.45, 7) is 2.33. The van der Waals surface area contributed by atoms with Crippen molar-refractivity contribution in [1.29, 1.82) is 0 Å². The predicted molar refractivity (Wildman–Crippen MR) is 102 cm³/mol. The molecule has 4 heteroatoms. The number of primary amides is 1. The van der Waals surface area contributed by atoms with E-state index in [4.69, 9.17) is 10.5 Å². The summed E-state index contributed by atoms with van der Waals surface area (Å²) in [5, 5.41) is 9.43. The molecule has 0 fully saturated rings. The lowest BCUT2D eigenvalue weighted by atomic mass is 9.94. The van der Waals surface area contributed by atoms with Gasteiger partial charge in [-0.1, -0.05) is 42.5 Å². The van der Waals surface area contributed by atoms with Crippen molar-refractivity contribution < 1.29 is 14.6 Å². The van der Waals surface area contributed by atoms with Gasteiger partial charge in [0, 0.05) is 5.56 Å². The van der Waals surface area contributed by atoms with Crippen LogP contribution in [0.4, 0.5) is 0 Å². The summed E-state index contributed by atoms with van der Waals surface area (Å²) >= 11 is 0. The first-order chi connectivity index (χ1) is 12.6. The Bertz CT molecular complexity index is 920. The molecule has 3 rings (SSSR count). The molecule has 0 bridgehead atoms. The lowest BCUT2D eigenvalue weighted by Crippen LogP contribution is -2.13. The van der Waals surface area contributed by atoms with E-state index in [9.17, 15) is 9.90 Å². The number of hydrogen-bond acceptors (Lipinski definition) is 3. The number of aryl methyl sites for hydroxylation is 1. The molecule has 0 aromatic heterocycles. The molecular formula is C22H21NO3. The third-order valence-corrected chi connectivity index (χ3v) is 4.28. The molecule has 0 unspecified atom stereocenters. The monoisotopic (exact) mass is 347 g/mol. The highest BCUT2D eigenvalue weighted by Gasteiger charge is 2.14. The third kappa shape index (κ3) is 3.92. The van der Waals surface area contributed by atoms with Gasteiger partial charge in [-0.15, -0.1) is 0 Å². The van der Waals surface area contributed by atoms with Crippen LogP contribution >= 0.6 is 0 Å². The van der Waals surface area contributed by atoms with Crippen LogP contribution in [0.1, 0.15) is 27.0 Å². The molecule has 1 amide bonds. The normalized spacial score (nSPS) is 10.5. The van der Waals surface area contributed by atoms with Gasteiger partial charge in [0.15, 0.2) is 0 Å². The van der Waals surface area contributed by atoms with E-state index in [-0.39, 0.29) is 6.61 Å². The maximum absolute atomic E-state index is 11.9. The number of amides is 1. The summed E-state index contributed by atoms with van der Waals surface area (Å²) in [4.78, 5) is 11.9. The number of carbonyl (C=O) groups excluding carboxylic acids is 1. The Morgan fingerprint density at radius 1 is 0.962 bits per heavy atom. The van der Waals surface area contributed by atoms with Crippen molar-refractivity contribution in [3.63, 3.8) is 0 Å². The molecule has 0 saturated heterocycles. The molecule has 26 heavy (non-hydrogen) atoms. The third-order valence-electron chi connectivity index (χ3n) is 4.28. The second kappa shape index (κ2) is 7.85. The van der Waals surface area contributed by atoms with Gasteiger partial charge in [-0.3, -0.25) is 4.79 Å². The molecule has 0 aliphatic carbocycles. The van der Waals surface area contributed by atoms with Crippen LogP contribution in [-0.4, -0.2) is 11.0 Å². The van der Waals surface area contributed by atoms with Gasteiger partial charge < -0.3 is 15.6 Å². The highest BCUT2D eigenvalue weighted by Crippen LogP contribution is 2.31. The fraction of sp³-hybridized carbons (Fsp3) is 0.136. The first kappa shape index (κ1) is 17.7. The molecule has 0 radical (unpaired) electrons. The Morgan fingerprint density at radius 2 is 1.73 bits per heavy atom. The quantitative estimate of drug-likeness (QED) is 0.712.